The standard InChI is InChI=1S/C12H15NO2/c14-12(11-6-2-1-3-7-11)10-13(15)8-4-5-9-13/h2-3,6H,1,4-5,8-10H2. The van der Waals surface area contributed by atoms with Crippen molar-refractivity contribution in [1.29, 1.82) is 0 Å². The summed E-state index contributed by atoms with van der Waals surface area (Å²) in [5, 5.41) is 12.0. The van der Waals surface area contributed by atoms with Gasteiger partial charge in [-0.1, -0.05) is 6.08 Å². The van der Waals surface area contributed by atoms with Crippen LogP contribution in [0.2, 0.25) is 0 Å². The van der Waals surface area contributed by atoms with Gasteiger partial charge in [0.1, 0.15) is 6.54 Å². The molecule has 1 saturated heterocycles. The van der Waals surface area contributed by atoms with Crippen molar-refractivity contribution in [3.05, 3.63) is 34.7 Å². The molecule has 0 spiro atoms. The maximum absolute atomic E-state index is 12.0. The SMILES string of the molecule is O=C(C[N+]1([O-])CCCC1)C1=C=CCC=C1. The lowest BCUT2D eigenvalue weighted by Crippen LogP contribution is -2.43. The molecule has 1 fully saturated rings. The minimum Gasteiger partial charge on any atom is -0.632 e. The molecule has 0 N–H and O–H groups in total. The molecule has 0 atom stereocenters. The van der Waals surface area contributed by atoms with E-state index < -0.39 is 0 Å². The minimum atomic E-state index is -0.335. The summed E-state index contributed by atoms with van der Waals surface area (Å²) in [6.45, 7) is 1.26. The van der Waals surface area contributed by atoms with Gasteiger partial charge in [0.05, 0.1) is 18.7 Å². The molecule has 0 bridgehead atoms. The predicted octanol–water partition coefficient (Wildman–Crippen LogP) is 1.71. The van der Waals surface area contributed by atoms with Crippen molar-refractivity contribution in [2.75, 3.05) is 19.6 Å². The molecule has 15 heavy (non-hydrogen) atoms. The Morgan fingerprint density at radius 1 is 1.47 bits per heavy atom. The Morgan fingerprint density at radius 2 is 2.20 bits per heavy atom. The van der Waals surface area contributed by atoms with E-state index in [1.807, 2.05) is 12.2 Å². The maximum Gasteiger partial charge on any atom is 0.224 e. The summed E-state index contributed by atoms with van der Waals surface area (Å²) in [5.74, 6) is -0.0703. The zero-order valence-electron chi connectivity index (χ0n) is 8.74. The fourth-order valence-electron chi connectivity index (χ4n) is 2.06. The Morgan fingerprint density at radius 3 is 2.80 bits per heavy atom. The summed E-state index contributed by atoms with van der Waals surface area (Å²) in [7, 11) is 0. The van der Waals surface area contributed by atoms with Crippen LogP contribution in [0.1, 0.15) is 19.3 Å². The Balaban J connectivity index is 2.03. The van der Waals surface area contributed by atoms with E-state index in [0.717, 1.165) is 19.3 Å². The van der Waals surface area contributed by atoms with E-state index in [1.54, 1.807) is 6.08 Å². The van der Waals surface area contributed by atoms with Crippen LogP contribution in [0.4, 0.5) is 0 Å². The number of hydrogen-bond acceptors (Lipinski definition) is 2. The van der Waals surface area contributed by atoms with Crippen molar-refractivity contribution in [2.45, 2.75) is 19.3 Å². The van der Waals surface area contributed by atoms with E-state index in [-0.39, 0.29) is 17.0 Å². The summed E-state index contributed by atoms with van der Waals surface area (Å²) in [4.78, 5) is 11.8. The van der Waals surface area contributed by atoms with Gasteiger partial charge < -0.3 is 9.85 Å². The molecule has 0 saturated carbocycles. The number of allylic oxidation sites excluding steroid dienone is 2. The first kappa shape index (κ1) is 10.4. The van der Waals surface area contributed by atoms with Gasteiger partial charge in [0.25, 0.3) is 0 Å². The molecule has 2 aliphatic rings. The van der Waals surface area contributed by atoms with Gasteiger partial charge in [-0.15, -0.1) is 5.73 Å². The normalized spacial score (nSPS) is 22.9. The Hall–Kier alpha value is -1.15. The third-order valence-corrected chi connectivity index (χ3v) is 2.91. The summed E-state index contributed by atoms with van der Waals surface area (Å²) >= 11 is 0. The van der Waals surface area contributed by atoms with Crippen molar-refractivity contribution in [2.24, 2.45) is 0 Å². The molecule has 0 aromatic rings. The van der Waals surface area contributed by atoms with Gasteiger partial charge in [0.15, 0.2) is 0 Å². The van der Waals surface area contributed by atoms with Gasteiger partial charge in [-0.2, -0.15) is 0 Å². The lowest BCUT2D eigenvalue weighted by molar-refractivity contribution is -0.859. The number of carbonyl (C=O) groups excluding carboxylic acids is 1. The molecular formula is C12H15NO2. The number of ketones is 1. The van der Waals surface area contributed by atoms with Gasteiger partial charge >= 0.3 is 0 Å². The average Bonchev–Trinajstić information content (AvgIpc) is 2.66. The zero-order chi connectivity index (χ0) is 10.7. The van der Waals surface area contributed by atoms with E-state index in [2.05, 4.69) is 5.73 Å². The molecule has 0 radical (unpaired) electrons. The quantitative estimate of drug-likeness (QED) is 0.400. The van der Waals surface area contributed by atoms with E-state index in [1.165, 1.54) is 0 Å². The fourth-order valence-corrected chi connectivity index (χ4v) is 2.06. The molecular weight excluding hydrogens is 190 g/mol. The minimum absolute atomic E-state index is 0.0703. The second-order valence-corrected chi connectivity index (χ2v) is 4.19. The third-order valence-electron chi connectivity index (χ3n) is 2.91. The van der Waals surface area contributed by atoms with E-state index in [4.69, 9.17) is 0 Å². The molecule has 0 amide bonds. The molecule has 3 nitrogen and oxygen atoms in total. The van der Waals surface area contributed by atoms with Crippen molar-refractivity contribution < 1.29 is 9.44 Å². The Labute approximate surface area is 89.6 Å². The third kappa shape index (κ3) is 2.45. The molecule has 1 aliphatic carbocycles. The van der Waals surface area contributed by atoms with Crippen LogP contribution in [0.25, 0.3) is 0 Å². The fraction of sp³-hybridized carbons (Fsp3) is 0.500. The van der Waals surface area contributed by atoms with Gasteiger partial charge in [-0.3, -0.25) is 4.79 Å². The van der Waals surface area contributed by atoms with Crippen molar-refractivity contribution >= 4 is 5.78 Å². The lowest BCUT2D eigenvalue weighted by atomic mass is 10.1. The summed E-state index contributed by atoms with van der Waals surface area (Å²) < 4.78 is -0.335. The molecule has 80 valence electrons. The van der Waals surface area contributed by atoms with Crippen molar-refractivity contribution in [3.8, 4) is 0 Å². The molecule has 0 aromatic heterocycles. The van der Waals surface area contributed by atoms with Crippen LogP contribution < -0.4 is 0 Å². The first-order chi connectivity index (χ1) is 7.20. The highest BCUT2D eigenvalue weighted by Gasteiger charge is 2.26. The van der Waals surface area contributed by atoms with Crippen LogP contribution in [-0.2, 0) is 4.79 Å². The van der Waals surface area contributed by atoms with E-state index in [9.17, 15) is 10.0 Å². The van der Waals surface area contributed by atoms with Crippen LogP contribution in [0, 0.1) is 5.21 Å². The molecule has 1 aliphatic heterocycles. The van der Waals surface area contributed by atoms with Crippen LogP contribution in [0.3, 0.4) is 0 Å². The maximum atomic E-state index is 12.0. The summed E-state index contributed by atoms with van der Waals surface area (Å²) in [6, 6.07) is 0. The van der Waals surface area contributed by atoms with Crippen LogP contribution in [-0.4, -0.2) is 30.1 Å². The number of nitrogens with zero attached hydrogens (tertiary/aromatic N) is 1. The lowest BCUT2D eigenvalue weighted by Gasteiger charge is -2.37. The van der Waals surface area contributed by atoms with Crippen molar-refractivity contribution in [3.63, 3.8) is 0 Å². The largest absolute Gasteiger partial charge is 0.632 e. The number of rotatable bonds is 3. The number of hydrogen-bond donors (Lipinski definition) is 0. The molecule has 0 aromatic carbocycles. The number of likely N-dealkylation sites (tertiary alicyclic amines) is 1. The average molecular weight is 205 g/mol. The Kier molecular flexibility index (Phi) is 2.87. The second kappa shape index (κ2) is 4.15. The van der Waals surface area contributed by atoms with E-state index >= 15 is 0 Å². The molecule has 1 heterocycles. The molecule has 3 heteroatoms. The number of hydroxylamine groups is 3. The van der Waals surface area contributed by atoms with Crippen LogP contribution in [0.5, 0.6) is 0 Å². The topological polar surface area (TPSA) is 40.1 Å². The Bertz CT molecular complexity index is 356. The summed E-state index contributed by atoms with van der Waals surface area (Å²) in [6.07, 6.45) is 8.23. The van der Waals surface area contributed by atoms with Gasteiger partial charge in [-0.05, 0) is 18.6 Å². The monoisotopic (exact) mass is 205 g/mol. The highest BCUT2D eigenvalue weighted by atomic mass is 16.5. The van der Waals surface area contributed by atoms with Crippen molar-refractivity contribution in [1.82, 2.24) is 0 Å². The zero-order valence-corrected chi connectivity index (χ0v) is 8.74. The highest BCUT2D eigenvalue weighted by molar-refractivity contribution is 5.98. The number of Topliss-reactive ketones (excluding diaryl/α,β-unsaturated/α-hetero) is 1. The smallest absolute Gasteiger partial charge is 0.224 e. The molecule has 2 rings (SSSR count). The number of carbonyl (C=O) groups is 1. The van der Waals surface area contributed by atoms with Crippen LogP contribution in [0.15, 0.2) is 29.5 Å². The van der Waals surface area contributed by atoms with Crippen LogP contribution >= 0.6 is 0 Å². The van der Waals surface area contributed by atoms with E-state index in [0.29, 0.717) is 18.7 Å². The first-order valence-corrected chi connectivity index (χ1v) is 5.42. The predicted molar refractivity (Wildman–Crippen MR) is 57.8 cm³/mol. The van der Waals surface area contributed by atoms with Gasteiger partial charge in [0.2, 0.25) is 5.78 Å². The second-order valence-electron chi connectivity index (χ2n) is 4.19. The van der Waals surface area contributed by atoms with Gasteiger partial charge in [0, 0.05) is 12.8 Å². The highest BCUT2D eigenvalue weighted by Crippen LogP contribution is 2.18. The molecule has 0 unspecified atom stereocenters. The summed E-state index contributed by atoms with van der Waals surface area (Å²) in [5.41, 5.74) is 3.47. The first-order valence-electron chi connectivity index (χ1n) is 5.42. The number of quaternary nitrogens is 1. The van der Waals surface area contributed by atoms with Gasteiger partial charge in [-0.25, -0.2) is 0 Å².